The second-order valence-corrected chi connectivity index (χ2v) is 6.06. The number of benzene rings is 1. The first-order chi connectivity index (χ1) is 8.58. The molecule has 1 heterocycles. The molecule has 0 aliphatic rings. The van der Waals surface area contributed by atoms with Crippen molar-refractivity contribution in [2.24, 2.45) is 5.92 Å². The van der Waals surface area contributed by atoms with Gasteiger partial charge in [-0.3, -0.25) is 0 Å². The first-order valence-corrected chi connectivity index (χ1v) is 7.11. The van der Waals surface area contributed by atoms with Gasteiger partial charge in [-0.2, -0.15) is 0 Å². The Morgan fingerprint density at radius 1 is 1.33 bits per heavy atom. The minimum atomic E-state index is 0.451. The Bertz CT molecular complexity index is 521. The van der Waals surface area contributed by atoms with Crippen LogP contribution >= 0.6 is 11.3 Å². The molecule has 2 aromatic rings. The summed E-state index contributed by atoms with van der Waals surface area (Å²) < 4.78 is 6.38. The number of anilines is 1. The average molecular weight is 264 g/mol. The topological polar surface area (TPSA) is 34.1 Å². The smallest absolute Gasteiger partial charge is 0.184 e. The predicted octanol–water partition coefficient (Wildman–Crippen LogP) is 4.15. The standard InChI is InChI=1S/C14H20N2OS/c1-9(2)7-10(3)15-14-16-12-6-5-11(17-4)8-13(12)18-14/h5-6,8-10H,7H2,1-4H3,(H,15,16). The van der Waals surface area contributed by atoms with Crippen LogP contribution in [-0.2, 0) is 0 Å². The summed E-state index contributed by atoms with van der Waals surface area (Å²) in [6, 6.07) is 6.44. The Labute approximate surface area is 112 Å². The van der Waals surface area contributed by atoms with Crippen molar-refractivity contribution in [1.29, 1.82) is 0 Å². The minimum Gasteiger partial charge on any atom is -0.497 e. The lowest BCUT2D eigenvalue weighted by Gasteiger charge is -2.14. The molecule has 1 atom stereocenters. The Kier molecular flexibility index (Phi) is 4.07. The number of thiazole rings is 1. The molecule has 0 aliphatic carbocycles. The molecule has 1 aromatic carbocycles. The van der Waals surface area contributed by atoms with Crippen molar-refractivity contribution >= 4 is 26.7 Å². The maximum Gasteiger partial charge on any atom is 0.184 e. The lowest BCUT2D eigenvalue weighted by molar-refractivity contribution is 0.415. The third kappa shape index (κ3) is 3.13. The van der Waals surface area contributed by atoms with Crippen LogP contribution in [0.15, 0.2) is 18.2 Å². The van der Waals surface area contributed by atoms with Gasteiger partial charge >= 0.3 is 0 Å². The highest BCUT2D eigenvalue weighted by molar-refractivity contribution is 7.22. The molecule has 1 N–H and O–H groups in total. The second kappa shape index (κ2) is 5.57. The van der Waals surface area contributed by atoms with E-state index in [0.29, 0.717) is 12.0 Å². The predicted molar refractivity (Wildman–Crippen MR) is 78.7 cm³/mol. The normalized spacial score (nSPS) is 12.9. The largest absolute Gasteiger partial charge is 0.497 e. The fourth-order valence-corrected chi connectivity index (χ4v) is 3.08. The highest BCUT2D eigenvalue weighted by Gasteiger charge is 2.09. The van der Waals surface area contributed by atoms with Crippen molar-refractivity contribution in [2.45, 2.75) is 33.2 Å². The summed E-state index contributed by atoms with van der Waals surface area (Å²) in [5.74, 6) is 1.58. The van der Waals surface area contributed by atoms with E-state index in [2.05, 4.69) is 31.1 Å². The molecule has 0 saturated heterocycles. The van der Waals surface area contributed by atoms with Gasteiger partial charge in [-0.25, -0.2) is 4.98 Å². The van der Waals surface area contributed by atoms with Gasteiger partial charge in [0.2, 0.25) is 0 Å². The summed E-state index contributed by atoms with van der Waals surface area (Å²) in [4.78, 5) is 4.59. The molecule has 1 aromatic heterocycles. The van der Waals surface area contributed by atoms with Crippen LogP contribution in [0.5, 0.6) is 5.75 Å². The van der Waals surface area contributed by atoms with Gasteiger partial charge in [-0.1, -0.05) is 25.2 Å². The van der Waals surface area contributed by atoms with Gasteiger partial charge in [-0.05, 0) is 37.5 Å². The summed E-state index contributed by atoms with van der Waals surface area (Å²) in [6.07, 6.45) is 1.15. The van der Waals surface area contributed by atoms with E-state index < -0.39 is 0 Å². The number of nitrogens with one attached hydrogen (secondary N) is 1. The highest BCUT2D eigenvalue weighted by Crippen LogP contribution is 2.29. The number of hydrogen-bond donors (Lipinski definition) is 1. The van der Waals surface area contributed by atoms with Gasteiger partial charge in [0.25, 0.3) is 0 Å². The zero-order chi connectivity index (χ0) is 13.1. The Morgan fingerprint density at radius 3 is 2.78 bits per heavy atom. The summed E-state index contributed by atoms with van der Waals surface area (Å²) >= 11 is 1.68. The summed E-state index contributed by atoms with van der Waals surface area (Å²) in [5.41, 5.74) is 1.03. The van der Waals surface area contributed by atoms with Crippen molar-refractivity contribution in [3.63, 3.8) is 0 Å². The van der Waals surface area contributed by atoms with Crippen LogP contribution in [0.1, 0.15) is 27.2 Å². The van der Waals surface area contributed by atoms with E-state index in [4.69, 9.17) is 4.74 Å². The summed E-state index contributed by atoms with van der Waals surface area (Å²) in [6.45, 7) is 6.68. The third-order valence-electron chi connectivity index (χ3n) is 2.79. The number of fused-ring (bicyclic) bond motifs is 1. The van der Waals surface area contributed by atoms with Crippen LogP contribution in [0.2, 0.25) is 0 Å². The molecule has 1 unspecified atom stereocenters. The zero-order valence-corrected chi connectivity index (χ0v) is 12.2. The van der Waals surface area contributed by atoms with E-state index in [1.165, 1.54) is 0 Å². The number of methoxy groups -OCH3 is 1. The van der Waals surface area contributed by atoms with Crippen LogP contribution in [0.3, 0.4) is 0 Å². The van der Waals surface area contributed by atoms with E-state index in [0.717, 1.165) is 27.5 Å². The van der Waals surface area contributed by atoms with Gasteiger partial charge < -0.3 is 10.1 Å². The SMILES string of the molecule is COc1ccc2nc(NC(C)CC(C)C)sc2c1. The molecule has 0 aliphatic heterocycles. The molecule has 0 amide bonds. The summed E-state index contributed by atoms with van der Waals surface area (Å²) in [7, 11) is 1.69. The maximum atomic E-state index is 5.22. The quantitative estimate of drug-likeness (QED) is 0.880. The van der Waals surface area contributed by atoms with Gasteiger partial charge in [0.1, 0.15) is 5.75 Å². The first kappa shape index (κ1) is 13.1. The highest BCUT2D eigenvalue weighted by atomic mass is 32.1. The first-order valence-electron chi connectivity index (χ1n) is 6.29. The molecule has 0 radical (unpaired) electrons. The zero-order valence-electron chi connectivity index (χ0n) is 11.4. The Hall–Kier alpha value is -1.29. The van der Waals surface area contributed by atoms with Gasteiger partial charge in [-0.15, -0.1) is 0 Å². The molecule has 2 rings (SSSR count). The molecule has 98 valence electrons. The molecular formula is C14H20N2OS. The molecule has 3 nitrogen and oxygen atoms in total. The van der Waals surface area contributed by atoms with Crippen molar-refractivity contribution in [1.82, 2.24) is 4.98 Å². The van der Waals surface area contributed by atoms with E-state index in [-0.39, 0.29) is 0 Å². The maximum absolute atomic E-state index is 5.22. The van der Waals surface area contributed by atoms with Crippen molar-refractivity contribution in [2.75, 3.05) is 12.4 Å². The third-order valence-corrected chi connectivity index (χ3v) is 3.74. The minimum absolute atomic E-state index is 0.451. The number of hydrogen-bond acceptors (Lipinski definition) is 4. The Morgan fingerprint density at radius 2 is 2.11 bits per heavy atom. The van der Waals surface area contributed by atoms with Crippen molar-refractivity contribution in [3.05, 3.63) is 18.2 Å². The lowest BCUT2D eigenvalue weighted by Crippen LogP contribution is -2.17. The van der Waals surface area contributed by atoms with E-state index in [1.807, 2.05) is 18.2 Å². The van der Waals surface area contributed by atoms with Crippen molar-refractivity contribution in [3.8, 4) is 5.75 Å². The molecule has 18 heavy (non-hydrogen) atoms. The molecule has 4 heteroatoms. The van der Waals surface area contributed by atoms with Gasteiger partial charge in [0.15, 0.2) is 5.13 Å². The van der Waals surface area contributed by atoms with Crippen LogP contribution in [0.25, 0.3) is 10.2 Å². The molecule has 0 bridgehead atoms. The van der Waals surface area contributed by atoms with E-state index in [9.17, 15) is 0 Å². The van der Waals surface area contributed by atoms with Crippen molar-refractivity contribution < 1.29 is 4.74 Å². The fourth-order valence-electron chi connectivity index (χ4n) is 2.07. The lowest BCUT2D eigenvalue weighted by atomic mass is 10.1. The number of rotatable bonds is 5. The summed E-state index contributed by atoms with van der Waals surface area (Å²) in [5, 5.41) is 4.46. The number of nitrogens with zero attached hydrogens (tertiary/aromatic N) is 1. The fraction of sp³-hybridized carbons (Fsp3) is 0.500. The average Bonchev–Trinajstić information content (AvgIpc) is 2.68. The molecular weight excluding hydrogens is 244 g/mol. The number of aromatic nitrogens is 1. The molecule has 0 spiro atoms. The molecule has 0 saturated carbocycles. The molecule has 0 fully saturated rings. The van der Waals surface area contributed by atoms with E-state index >= 15 is 0 Å². The van der Waals surface area contributed by atoms with Crippen LogP contribution in [0, 0.1) is 5.92 Å². The van der Waals surface area contributed by atoms with E-state index in [1.54, 1.807) is 18.4 Å². The van der Waals surface area contributed by atoms with Crippen LogP contribution in [-0.4, -0.2) is 18.1 Å². The number of ether oxygens (including phenoxy) is 1. The monoisotopic (exact) mass is 264 g/mol. The van der Waals surface area contributed by atoms with Crippen LogP contribution in [0.4, 0.5) is 5.13 Å². The van der Waals surface area contributed by atoms with Gasteiger partial charge in [0.05, 0.1) is 17.3 Å². The Balaban J connectivity index is 2.14. The van der Waals surface area contributed by atoms with Crippen LogP contribution < -0.4 is 10.1 Å². The van der Waals surface area contributed by atoms with Gasteiger partial charge in [0, 0.05) is 6.04 Å². The second-order valence-electron chi connectivity index (χ2n) is 5.03.